The molecule has 0 heterocycles. The first kappa shape index (κ1) is 25.8. The average Bonchev–Trinajstić information content (AvgIpc) is 2.60. The summed E-state index contributed by atoms with van der Waals surface area (Å²) >= 11 is 5.45. The highest BCUT2D eigenvalue weighted by molar-refractivity contribution is 6.42. The Kier molecular flexibility index (Phi) is 6.82. The van der Waals surface area contributed by atoms with E-state index in [2.05, 4.69) is 4.74 Å². The maximum absolute atomic E-state index is 14.4. The summed E-state index contributed by atoms with van der Waals surface area (Å²) in [4.78, 5) is 12.8. The van der Waals surface area contributed by atoms with E-state index in [4.69, 9.17) is 11.6 Å². The van der Waals surface area contributed by atoms with Crippen LogP contribution in [0.2, 0.25) is 5.02 Å². The van der Waals surface area contributed by atoms with Crippen molar-refractivity contribution in [1.29, 1.82) is 0 Å². The molecule has 32 heavy (non-hydrogen) atoms. The highest BCUT2D eigenvalue weighted by Crippen LogP contribution is 2.43. The first-order valence-corrected chi connectivity index (χ1v) is 8.90. The van der Waals surface area contributed by atoms with Crippen LogP contribution in [0.4, 0.5) is 45.6 Å². The number of benzene rings is 2. The van der Waals surface area contributed by atoms with E-state index in [1.54, 1.807) is 0 Å². The van der Waals surface area contributed by atoms with Gasteiger partial charge in [0.05, 0.1) is 22.3 Å². The molecule has 1 N–H and O–H groups in total. The third-order valence-electron chi connectivity index (χ3n) is 4.08. The zero-order valence-electron chi connectivity index (χ0n) is 16.4. The lowest BCUT2D eigenvalue weighted by atomic mass is 9.72. The van der Waals surface area contributed by atoms with E-state index in [9.17, 15) is 45.0 Å². The van der Waals surface area contributed by atoms with Crippen LogP contribution in [0.25, 0.3) is 0 Å². The van der Waals surface area contributed by atoms with E-state index in [0.717, 1.165) is 22.6 Å². The number of hydrogen-bond acceptors (Lipinski definition) is 3. The van der Waals surface area contributed by atoms with E-state index in [0.29, 0.717) is 18.2 Å². The van der Waals surface area contributed by atoms with Crippen LogP contribution in [0, 0.1) is 18.6 Å². The van der Waals surface area contributed by atoms with Gasteiger partial charge in [0.1, 0.15) is 16.6 Å². The van der Waals surface area contributed by atoms with Crippen molar-refractivity contribution in [3.63, 3.8) is 0 Å². The van der Waals surface area contributed by atoms with E-state index in [1.807, 2.05) is 0 Å². The average molecular weight is 487 g/mol. The topological polar surface area (TPSA) is 49.8 Å². The Labute approximate surface area is 182 Å². The summed E-state index contributed by atoms with van der Waals surface area (Å²) in [7, 11) is 1.85. The van der Waals surface area contributed by atoms with Crippen LogP contribution in [-0.2, 0) is 12.4 Å². The Morgan fingerprint density at radius 1 is 1.06 bits per heavy atom. The smallest absolute Gasteiger partial charge is 0.409 e. The van der Waals surface area contributed by atoms with Gasteiger partial charge in [-0.2, -0.15) is 26.3 Å². The number of alkyl halides is 6. The van der Waals surface area contributed by atoms with Crippen LogP contribution in [0.15, 0.2) is 24.3 Å². The van der Waals surface area contributed by atoms with E-state index >= 15 is 0 Å². The number of carbonyl (C=O) groups excluding carboxylic acids is 1. The number of halogens is 9. The monoisotopic (exact) mass is 487 g/mol. The number of anilines is 1. The molecule has 0 unspecified atom stereocenters. The van der Waals surface area contributed by atoms with Gasteiger partial charge < -0.3 is 9.84 Å². The zero-order valence-corrected chi connectivity index (χ0v) is 17.2. The molecule has 0 radical (unpaired) electrons. The van der Waals surface area contributed by atoms with Crippen molar-refractivity contribution >= 4 is 39.1 Å². The molecule has 2 aromatic rings. The number of ether oxygens (including phenoxy) is 1. The van der Waals surface area contributed by atoms with E-state index in [-0.39, 0.29) is 11.0 Å². The molecule has 172 valence electrons. The van der Waals surface area contributed by atoms with Gasteiger partial charge in [0.2, 0.25) is 0 Å². The van der Waals surface area contributed by atoms with Crippen molar-refractivity contribution in [2.75, 3.05) is 4.90 Å². The van der Waals surface area contributed by atoms with Gasteiger partial charge >= 0.3 is 18.4 Å². The molecule has 0 saturated heterocycles. The minimum absolute atomic E-state index is 0.130. The molecule has 0 fully saturated rings. The molecule has 0 aliphatic carbocycles. The summed E-state index contributed by atoms with van der Waals surface area (Å²) in [5, 5.41) is 9.19. The largest absolute Gasteiger partial charge is 0.420 e. The highest BCUT2D eigenvalue weighted by Gasteiger charge is 2.42. The van der Waals surface area contributed by atoms with Crippen molar-refractivity contribution in [3.8, 4) is 5.75 Å². The van der Waals surface area contributed by atoms with Crippen molar-refractivity contribution in [3.05, 3.63) is 57.6 Å². The number of rotatable bonds is 3. The fourth-order valence-corrected chi connectivity index (χ4v) is 2.88. The number of amides is 1. The fraction of sp³-hybridized carbons (Fsp3) is 0.235. The van der Waals surface area contributed by atoms with Gasteiger partial charge in [-0.25, -0.2) is 13.6 Å². The molecule has 0 saturated carbocycles. The van der Waals surface area contributed by atoms with Crippen LogP contribution >= 0.6 is 11.6 Å². The molecule has 0 aliphatic rings. The predicted molar refractivity (Wildman–Crippen MR) is 103 cm³/mol. The van der Waals surface area contributed by atoms with Crippen molar-refractivity contribution in [1.82, 2.24) is 0 Å². The van der Waals surface area contributed by atoms with Crippen LogP contribution in [0.5, 0.6) is 5.75 Å². The quantitative estimate of drug-likeness (QED) is 0.310. The Bertz CT molecular complexity index is 1050. The van der Waals surface area contributed by atoms with Crippen molar-refractivity contribution < 1.29 is 49.8 Å². The lowest BCUT2D eigenvalue weighted by molar-refractivity contribution is -0.143. The molecule has 0 spiro atoms. The van der Waals surface area contributed by atoms with Gasteiger partial charge in [0.25, 0.3) is 0 Å². The first-order chi connectivity index (χ1) is 14.4. The Balaban J connectivity index is 2.64. The summed E-state index contributed by atoms with van der Waals surface area (Å²) in [6.45, 7) is 0.830. The van der Waals surface area contributed by atoms with Gasteiger partial charge in [0.15, 0.2) is 21.5 Å². The molecular formula is C17H12B2ClF8NO3. The summed E-state index contributed by atoms with van der Waals surface area (Å²) in [6.07, 6.45) is -12.3. The number of aryl methyl sites for hydroxylation is 1. The standard InChI is InChI=1S/C17H12B2ClF8NO3/c1-6-4-7(15(23,24)25)5-8(16(26,27)28)13(6)32-14(30)29(17(18,19)31)10-3-2-9(21)11(20)12(10)22/h2-5,31H,18-19H2,1H3. The number of aliphatic hydroxyl groups is 1. The number of hydrogen-bond donors (Lipinski definition) is 1. The molecule has 0 aliphatic heterocycles. The zero-order chi connectivity index (χ0) is 24.8. The van der Waals surface area contributed by atoms with Crippen molar-refractivity contribution in [2.45, 2.75) is 24.8 Å². The molecule has 2 rings (SSSR count). The van der Waals surface area contributed by atoms with Gasteiger partial charge in [-0.05, 0) is 36.8 Å². The highest BCUT2D eigenvalue weighted by atomic mass is 35.5. The normalized spacial score (nSPS) is 12.6. The predicted octanol–water partition coefficient (Wildman–Crippen LogP) is 3.84. The molecule has 4 nitrogen and oxygen atoms in total. The second-order valence-corrected chi connectivity index (χ2v) is 7.44. The third-order valence-corrected chi connectivity index (χ3v) is 4.43. The van der Waals surface area contributed by atoms with Gasteiger partial charge in [-0.3, -0.25) is 4.90 Å². The van der Waals surface area contributed by atoms with Crippen LogP contribution in [0.1, 0.15) is 16.7 Å². The lowest BCUT2D eigenvalue weighted by Crippen LogP contribution is -2.55. The molecule has 0 aromatic heterocycles. The maximum Gasteiger partial charge on any atom is 0.420 e. The molecule has 1 amide bonds. The summed E-state index contributed by atoms with van der Waals surface area (Å²) in [6, 6.07) is 1.36. The molecule has 0 atom stereocenters. The third kappa shape index (κ3) is 5.29. The fourth-order valence-electron chi connectivity index (χ4n) is 2.72. The molecule has 2 aromatic carbocycles. The SMILES string of the molecule is BC(B)(O)N(C(=O)Oc1c(C)cc(C(F)(F)F)cc1C(F)(F)F)c1ccc(F)c(Cl)c1F. The Morgan fingerprint density at radius 2 is 1.62 bits per heavy atom. The van der Waals surface area contributed by atoms with Crippen LogP contribution in [-0.4, -0.2) is 32.4 Å². The molecule has 0 bridgehead atoms. The van der Waals surface area contributed by atoms with Crippen LogP contribution < -0.4 is 9.64 Å². The minimum atomic E-state index is -5.37. The second kappa shape index (κ2) is 8.47. The summed E-state index contributed by atoms with van der Waals surface area (Å²) in [5.74, 6) is -4.06. The molecule has 15 heteroatoms. The lowest BCUT2D eigenvalue weighted by Gasteiger charge is -2.34. The molecular weight excluding hydrogens is 475 g/mol. The summed E-state index contributed by atoms with van der Waals surface area (Å²) in [5.41, 5.74) is -7.46. The number of carbonyl (C=O) groups is 1. The minimum Gasteiger partial charge on any atom is -0.409 e. The van der Waals surface area contributed by atoms with Crippen molar-refractivity contribution in [2.24, 2.45) is 0 Å². The van der Waals surface area contributed by atoms with Crippen LogP contribution in [0.3, 0.4) is 0 Å². The van der Waals surface area contributed by atoms with Gasteiger partial charge in [-0.15, -0.1) is 0 Å². The summed E-state index contributed by atoms with van der Waals surface area (Å²) < 4.78 is 112. The second-order valence-electron chi connectivity index (χ2n) is 7.06. The van der Waals surface area contributed by atoms with Gasteiger partial charge in [0, 0.05) is 0 Å². The van der Waals surface area contributed by atoms with Gasteiger partial charge in [-0.1, -0.05) is 11.6 Å². The Morgan fingerprint density at radius 3 is 2.09 bits per heavy atom. The number of nitrogens with zero attached hydrogens (tertiary/aromatic N) is 1. The van der Waals surface area contributed by atoms with E-state index < -0.39 is 68.8 Å². The first-order valence-electron chi connectivity index (χ1n) is 8.52. The maximum atomic E-state index is 14.4. The van der Waals surface area contributed by atoms with E-state index in [1.165, 1.54) is 0 Å². The Hall–Kier alpha value is -2.47.